The van der Waals surface area contributed by atoms with Gasteiger partial charge in [-0.1, -0.05) is 20.8 Å². The van der Waals surface area contributed by atoms with Gasteiger partial charge in [0, 0.05) is 6.54 Å². The summed E-state index contributed by atoms with van der Waals surface area (Å²) in [6.45, 7) is 8.93. The van der Waals surface area contributed by atoms with E-state index in [4.69, 9.17) is 4.74 Å². The Morgan fingerprint density at radius 2 is 2.14 bits per heavy atom. The van der Waals surface area contributed by atoms with Gasteiger partial charge < -0.3 is 10.1 Å². The molecule has 0 aromatic carbocycles. The van der Waals surface area contributed by atoms with Crippen molar-refractivity contribution in [2.75, 3.05) is 20.2 Å². The standard InChI is InChI=1S/C12H25NO/c1-10-9-11(14-8-7-13-4)5-6-12(10,2)3/h10-11,13H,5-9H2,1-4H3/t10-,11-/m0/s1. The van der Waals surface area contributed by atoms with Gasteiger partial charge in [0.25, 0.3) is 0 Å². The van der Waals surface area contributed by atoms with E-state index in [1.165, 1.54) is 19.3 Å². The van der Waals surface area contributed by atoms with Crippen LogP contribution in [0.5, 0.6) is 0 Å². The molecule has 2 nitrogen and oxygen atoms in total. The Hall–Kier alpha value is -0.0800. The first-order valence-corrected chi connectivity index (χ1v) is 5.82. The van der Waals surface area contributed by atoms with Crippen molar-refractivity contribution in [2.24, 2.45) is 11.3 Å². The highest BCUT2D eigenvalue weighted by atomic mass is 16.5. The number of hydrogen-bond acceptors (Lipinski definition) is 2. The van der Waals surface area contributed by atoms with Crippen LogP contribution in [0.15, 0.2) is 0 Å². The van der Waals surface area contributed by atoms with Gasteiger partial charge in [-0.25, -0.2) is 0 Å². The van der Waals surface area contributed by atoms with Gasteiger partial charge in [-0.05, 0) is 37.6 Å². The van der Waals surface area contributed by atoms with E-state index in [0.29, 0.717) is 11.5 Å². The molecule has 1 aliphatic rings. The van der Waals surface area contributed by atoms with Crippen LogP contribution < -0.4 is 5.32 Å². The highest BCUT2D eigenvalue weighted by Gasteiger charge is 2.33. The molecule has 0 radical (unpaired) electrons. The molecule has 0 aliphatic heterocycles. The third-order valence-corrected chi connectivity index (χ3v) is 3.77. The van der Waals surface area contributed by atoms with Crippen molar-refractivity contribution in [2.45, 2.75) is 46.1 Å². The van der Waals surface area contributed by atoms with Gasteiger partial charge in [0.15, 0.2) is 0 Å². The van der Waals surface area contributed by atoms with E-state index in [0.717, 1.165) is 19.1 Å². The molecule has 0 unspecified atom stereocenters. The monoisotopic (exact) mass is 199 g/mol. The van der Waals surface area contributed by atoms with Crippen LogP contribution in [-0.4, -0.2) is 26.3 Å². The molecule has 0 aromatic rings. The highest BCUT2D eigenvalue weighted by molar-refractivity contribution is 4.84. The summed E-state index contributed by atoms with van der Waals surface area (Å²) >= 11 is 0. The largest absolute Gasteiger partial charge is 0.377 e. The lowest BCUT2D eigenvalue weighted by Crippen LogP contribution is -2.34. The lowest BCUT2D eigenvalue weighted by atomic mass is 9.69. The molecule has 0 bridgehead atoms. The van der Waals surface area contributed by atoms with Crippen molar-refractivity contribution in [1.82, 2.24) is 5.32 Å². The van der Waals surface area contributed by atoms with Crippen molar-refractivity contribution in [3.63, 3.8) is 0 Å². The summed E-state index contributed by atoms with van der Waals surface area (Å²) in [4.78, 5) is 0. The van der Waals surface area contributed by atoms with Crippen molar-refractivity contribution in [3.8, 4) is 0 Å². The highest BCUT2D eigenvalue weighted by Crippen LogP contribution is 2.40. The maximum atomic E-state index is 5.82. The van der Waals surface area contributed by atoms with Gasteiger partial charge in [-0.2, -0.15) is 0 Å². The van der Waals surface area contributed by atoms with E-state index >= 15 is 0 Å². The first-order valence-electron chi connectivity index (χ1n) is 5.82. The van der Waals surface area contributed by atoms with Crippen LogP contribution >= 0.6 is 0 Å². The van der Waals surface area contributed by atoms with Crippen LogP contribution in [0.4, 0.5) is 0 Å². The van der Waals surface area contributed by atoms with Gasteiger partial charge >= 0.3 is 0 Å². The fourth-order valence-electron chi connectivity index (χ4n) is 2.09. The minimum absolute atomic E-state index is 0.506. The SMILES string of the molecule is CNCCO[C@H]1CCC(C)(C)[C@@H](C)C1. The second-order valence-electron chi connectivity index (χ2n) is 5.26. The van der Waals surface area contributed by atoms with Crippen LogP contribution in [0.1, 0.15) is 40.0 Å². The van der Waals surface area contributed by atoms with E-state index < -0.39 is 0 Å². The second kappa shape index (κ2) is 5.13. The number of ether oxygens (including phenoxy) is 1. The number of likely N-dealkylation sites (N-methyl/N-ethyl adjacent to an activating group) is 1. The second-order valence-corrected chi connectivity index (χ2v) is 5.26. The third-order valence-electron chi connectivity index (χ3n) is 3.77. The summed E-state index contributed by atoms with van der Waals surface area (Å²) in [5.74, 6) is 0.788. The first kappa shape index (κ1) is 12.0. The zero-order valence-electron chi connectivity index (χ0n) is 10.1. The molecule has 2 atom stereocenters. The van der Waals surface area contributed by atoms with Gasteiger partial charge in [0.05, 0.1) is 12.7 Å². The maximum absolute atomic E-state index is 5.82. The average molecular weight is 199 g/mol. The van der Waals surface area contributed by atoms with Crippen molar-refractivity contribution < 1.29 is 4.74 Å². The van der Waals surface area contributed by atoms with Gasteiger partial charge in [0.1, 0.15) is 0 Å². The predicted octanol–water partition coefficient (Wildman–Crippen LogP) is 2.44. The molecule has 0 aromatic heterocycles. The zero-order chi connectivity index (χ0) is 10.6. The Labute approximate surface area is 88.4 Å². The quantitative estimate of drug-likeness (QED) is 0.702. The van der Waals surface area contributed by atoms with Crippen LogP contribution in [-0.2, 0) is 4.74 Å². The van der Waals surface area contributed by atoms with Crippen LogP contribution in [0, 0.1) is 11.3 Å². The summed E-state index contributed by atoms with van der Waals surface area (Å²) in [7, 11) is 1.97. The summed E-state index contributed by atoms with van der Waals surface area (Å²) in [5, 5.41) is 3.11. The molecular weight excluding hydrogens is 174 g/mol. The zero-order valence-corrected chi connectivity index (χ0v) is 10.1. The average Bonchev–Trinajstić information content (AvgIpc) is 2.12. The first-order chi connectivity index (χ1) is 6.56. The molecule has 1 N–H and O–H groups in total. The minimum atomic E-state index is 0.506. The Morgan fingerprint density at radius 1 is 1.43 bits per heavy atom. The molecule has 1 aliphatic carbocycles. The molecule has 84 valence electrons. The smallest absolute Gasteiger partial charge is 0.0594 e. The molecular formula is C12H25NO. The Kier molecular flexibility index (Phi) is 4.39. The van der Waals surface area contributed by atoms with Gasteiger partial charge in [-0.15, -0.1) is 0 Å². The van der Waals surface area contributed by atoms with E-state index in [9.17, 15) is 0 Å². The Bertz CT molecular complexity index is 168. The van der Waals surface area contributed by atoms with E-state index in [1.54, 1.807) is 0 Å². The van der Waals surface area contributed by atoms with E-state index in [2.05, 4.69) is 26.1 Å². The van der Waals surface area contributed by atoms with Gasteiger partial charge in [0.2, 0.25) is 0 Å². The third kappa shape index (κ3) is 3.25. The molecule has 0 spiro atoms. The topological polar surface area (TPSA) is 21.3 Å². The Balaban J connectivity index is 2.25. The van der Waals surface area contributed by atoms with Crippen LogP contribution in [0.25, 0.3) is 0 Å². The molecule has 1 rings (SSSR count). The molecule has 0 saturated heterocycles. The van der Waals surface area contributed by atoms with Crippen molar-refractivity contribution in [3.05, 3.63) is 0 Å². The molecule has 0 amide bonds. The van der Waals surface area contributed by atoms with Gasteiger partial charge in [-0.3, -0.25) is 0 Å². The molecule has 14 heavy (non-hydrogen) atoms. The fourth-order valence-corrected chi connectivity index (χ4v) is 2.09. The lowest BCUT2D eigenvalue weighted by molar-refractivity contribution is -0.0189. The fraction of sp³-hybridized carbons (Fsp3) is 1.00. The number of nitrogens with one attached hydrogen (secondary N) is 1. The van der Waals surface area contributed by atoms with Crippen LogP contribution in [0.3, 0.4) is 0 Å². The molecule has 0 heterocycles. The summed E-state index contributed by atoms with van der Waals surface area (Å²) in [6.07, 6.45) is 4.28. The summed E-state index contributed by atoms with van der Waals surface area (Å²) < 4.78 is 5.82. The van der Waals surface area contributed by atoms with E-state index in [1.807, 2.05) is 7.05 Å². The minimum Gasteiger partial charge on any atom is -0.377 e. The predicted molar refractivity (Wildman–Crippen MR) is 60.5 cm³/mol. The lowest BCUT2D eigenvalue weighted by Gasteiger charge is -2.40. The number of rotatable bonds is 4. The summed E-state index contributed by atoms with van der Waals surface area (Å²) in [6, 6.07) is 0. The summed E-state index contributed by atoms with van der Waals surface area (Å²) in [5.41, 5.74) is 0.517. The maximum Gasteiger partial charge on any atom is 0.0594 e. The van der Waals surface area contributed by atoms with Crippen molar-refractivity contribution in [1.29, 1.82) is 0 Å². The molecule has 1 fully saturated rings. The normalized spacial score (nSPS) is 31.7. The number of hydrogen-bond donors (Lipinski definition) is 1. The molecule has 2 heteroatoms. The van der Waals surface area contributed by atoms with Crippen molar-refractivity contribution >= 4 is 0 Å². The Morgan fingerprint density at radius 3 is 2.71 bits per heavy atom. The van der Waals surface area contributed by atoms with E-state index in [-0.39, 0.29) is 0 Å². The molecule has 1 saturated carbocycles. The van der Waals surface area contributed by atoms with Crippen LogP contribution in [0.2, 0.25) is 0 Å².